The SMILES string of the molecule is CCSc1cccc(CNc2ccc(C(=O)N(C)C)cc2OC)c1. The normalized spacial score (nSPS) is 10.3. The van der Waals surface area contributed by atoms with Gasteiger partial charge in [-0.15, -0.1) is 11.8 Å². The van der Waals surface area contributed by atoms with Crippen molar-refractivity contribution >= 4 is 23.4 Å². The summed E-state index contributed by atoms with van der Waals surface area (Å²) in [6.45, 7) is 2.85. The summed E-state index contributed by atoms with van der Waals surface area (Å²) >= 11 is 1.83. The van der Waals surface area contributed by atoms with Crippen LogP contribution in [0.2, 0.25) is 0 Å². The molecule has 0 radical (unpaired) electrons. The number of amides is 1. The number of hydrogen-bond donors (Lipinski definition) is 1. The summed E-state index contributed by atoms with van der Waals surface area (Å²) in [5.74, 6) is 1.69. The molecule has 0 heterocycles. The number of methoxy groups -OCH3 is 1. The minimum Gasteiger partial charge on any atom is -0.495 e. The molecule has 0 aliphatic rings. The lowest BCUT2D eigenvalue weighted by molar-refractivity contribution is 0.0827. The van der Waals surface area contributed by atoms with Gasteiger partial charge in [-0.2, -0.15) is 0 Å². The number of nitrogens with one attached hydrogen (secondary N) is 1. The lowest BCUT2D eigenvalue weighted by Crippen LogP contribution is -2.21. The Balaban J connectivity index is 2.12. The molecule has 0 atom stereocenters. The molecule has 2 aromatic rings. The molecule has 0 bridgehead atoms. The van der Waals surface area contributed by atoms with Crippen LogP contribution in [0.25, 0.3) is 0 Å². The Labute approximate surface area is 148 Å². The largest absolute Gasteiger partial charge is 0.495 e. The minimum absolute atomic E-state index is 0.0378. The van der Waals surface area contributed by atoms with Crippen molar-refractivity contribution in [2.45, 2.75) is 18.4 Å². The quantitative estimate of drug-likeness (QED) is 0.767. The van der Waals surface area contributed by atoms with Crippen molar-refractivity contribution < 1.29 is 9.53 Å². The highest BCUT2D eigenvalue weighted by Crippen LogP contribution is 2.27. The van der Waals surface area contributed by atoms with Crippen molar-refractivity contribution in [3.63, 3.8) is 0 Å². The third-order valence-corrected chi connectivity index (χ3v) is 4.42. The van der Waals surface area contributed by atoms with E-state index in [1.165, 1.54) is 10.5 Å². The number of carbonyl (C=O) groups is 1. The number of anilines is 1. The van der Waals surface area contributed by atoms with E-state index in [0.717, 1.165) is 11.4 Å². The molecular weight excluding hydrogens is 320 g/mol. The predicted octanol–water partition coefficient (Wildman–Crippen LogP) is 4.12. The van der Waals surface area contributed by atoms with Crippen molar-refractivity contribution in [3.8, 4) is 5.75 Å². The van der Waals surface area contributed by atoms with Gasteiger partial charge >= 0.3 is 0 Å². The first-order valence-corrected chi connectivity index (χ1v) is 8.89. The Morgan fingerprint density at radius 1 is 1.21 bits per heavy atom. The van der Waals surface area contributed by atoms with Crippen LogP contribution in [0.3, 0.4) is 0 Å². The molecule has 1 N–H and O–H groups in total. The molecule has 4 nitrogen and oxygen atoms in total. The Morgan fingerprint density at radius 2 is 2.00 bits per heavy atom. The highest BCUT2D eigenvalue weighted by molar-refractivity contribution is 7.99. The van der Waals surface area contributed by atoms with Gasteiger partial charge in [0, 0.05) is 31.1 Å². The van der Waals surface area contributed by atoms with Gasteiger partial charge in [0.15, 0.2) is 0 Å². The van der Waals surface area contributed by atoms with Crippen molar-refractivity contribution in [1.29, 1.82) is 0 Å². The van der Waals surface area contributed by atoms with Gasteiger partial charge < -0.3 is 15.0 Å². The third kappa shape index (κ3) is 4.68. The molecule has 128 valence electrons. The lowest BCUT2D eigenvalue weighted by atomic mass is 10.1. The van der Waals surface area contributed by atoms with Gasteiger partial charge in [0.25, 0.3) is 5.91 Å². The predicted molar refractivity (Wildman–Crippen MR) is 101 cm³/mol. The summed E-state index contributed by atoms with van der Waals surface area (Å²) in [6.07, 6.45) is 0. The van der Waals surface area contributed by atoms with E-state index >= 15 is 0 Å². The first kappa shape index (κ1) is 18.2. The number of carbonyl (C=O) groups excluding carboxylic acids is 1. The van der Waals surface area contributed by atoms with Gasteiger partial charge in [0.2, 0.25) is 0 Å². The van der Waals surface area contributed by atoms with E-state index in [1.54, 1.807) is 32.2 Å². The lowest BCUT2D eigenvalue weighted by Gasteiger charge is -2.15. The summed E-state index contributed by atoms with van der Waals surface area (Å²) in [4.78, 5) is 14.9. The fraction of sp³-hybridized carbons (Fsp3) is 0.316. The van der Waals surface area contributed by atoms with Gasteiger partial charge in [-0.3, -0.25) is 4.79 Å². The molecule has 2 rings (SSSR count). The Bertz CT molecular complexity index is 702. The zero-order valence-electron chi connectivity index (χ0n) is 14.6. The smallest absolute Gasteiger partial charge is 0.253 e. The van der Waals surface area contributed by atoms with E-state index in [4.69, 9.17) is 4.74 Å². The first-order valence-electron chi connectivity index (χ1n) is 7.90. The van der Waals surface area contributed by atoms with Crippen LogP contribution in [0, 0.1) is 0 Å². The van der Waals surface area contributed by atoms with Crippen molar-refractivity contribution in [2.24, 2.45) is 0 Å². The molecule has 0 unspecified atom stereocenters. The molecule has 0 spiro atoms. The van der Waals surface area contributed by atoms with E-state index < -0.39 is 0 Å². The molecule has 24 heavy (non-hydrogen) atoms. The number of benzene rings is 2. The summed E-state index contributed by atoms with van der Waals surface area (Å²) in [7, 11) is 5.09. The highest BCUT2D eigenvalue weighted by Gasteiger charge is 2.11. The summed E-state index contributed by atoms with van der Waals surface area (Å²) in [6, 6.07) is 14.0. The van der Waals surface area contributed by atoms with Gasteiger partial charge in [0.05, 0.1) is 12.8 Å². The zero-order chi connectivity index (χ0) is 17.5. The number of ether oxygens (including phenoxy) is 1. The van der Waals surface area contributed by atoms with Crippen LogP contribution in [-0.4, -0.2) is 37.8 Å². The number of thioether (sulfide) groups is 1. The molecule has 0 saturated carbocycles. The molecule has 0 fully saturated rings. The summed E-state index contributed by atoms with van der Waals surface area (Å²) in [5, 5.41) is 3.39. The fourth-order valence-corrected chi connectivity index (χ4v) is 3.08. The summed E-state index contributed by atoms with van der Waals surface area (Å²) in [5.41, 5.74) is 2.70. The second-order valence-corrected chi connectivity index (χ2v) is 6.89. The van der Waals surface area contributed by atoms with Crippen LogP contribution in [0.4, 0.5) is 5.69 Å². The number of rotatable bonds is 7. The zero-order valence-corrected chi connectivity index (χ0v) is 15.4. The summed E-state index contributed by atoms with van der Waals surface area (Å²) < 4.78 is 5.43. The molecule has 0 aliphatic heterocycles. The number of nitrogens with zero attached hydrogens (tertiary/aromatic N) is 1. The molecule has 1 amide bonds. The van der Waals surface area contributed by atoms with Gasteiger partial charge in [-0.05, 0) is 41.6 Å². The second kappa shape index (κ2) is 8.64. The average Bonchev–Trinajstić information content (AvgIpc) is 2.59. The Kier molecular flexibility index (Phi) is 6.55. The Morgan fingerprint density at radius 3 is 2.67 bits per heavy atom. The van der Waals surface area contributed by atoms with E-state index in [0.29, 0.717) is 17.9 Å². The van der Waals surface area contributed by atoms with Gasteiger partial charge in [-0.25, -0.2) is 0 Å². The third-order valence-electron chi connectivity index (χ3n) is 3.55. The van der Waals surface area contributed by atoms with Crippen LogP contribution < -0.4 is 10.1 Å². The standard InChI is InChI=1S/C19H24N2O2S/c1-5-24-16-8-6-7-14(11-16)13-20-17-10-9-15(12-18(17)23-4)19(22)21(2)3/h6-12,20H,5,13H2,1-4H3. The molecular formula is C19H24N2O2S. The Hall–Kier alpha value is -2.14. The number of hydrogen-bond acceptors (Lipinski definition) is 4. The molecule has 0 aliphatic carbocycles. The second-order valence-electron chi connectivity index (χ2n) is 5.55. The van der Waals surface area contributed by atoms with Crippen LogP contribution >= 0.6 is 11.8 Å². The van der Waals surface area contributed by atoms with Gasteiger partial charge in [-0.1, -0.05) is 19.1 Å². The van der Waals surface area contributed by atoms with Crippen LogP contribution in [-0.2, 0) is 6.54 Å². The topological polar surface area (TPSA) is 41.6 Å². The van der Waals surface area contributed by atoms with Crippen molar-refractivity contribution in [3.05, 3.63) is 53.6 Å². The van der Waals surface area contributed by atoms with E-state index in [-0.39, 0.29) is 5.91 Å². The molecule has 0 aromatic heterocycles. The maximum atomic E-state index is 12.0. The van der Waals surface area contributed by atoms with Crippen LogP contribution in [0.5, 0.6) is 5.75 Å². The van der Waals surface area contributed by atoms with E-state index in [2.05, 4.69) is 36.5 Å². The van der Waals surface area contributed by atoms with E-state index in [1.807, 2.05) is 23.9 Å². The van der Waals surface area contributed by atoms with Gasteiger partial charge in [0.1, 0.15) is 5.75 Å². The highest BCUT2D eigenvalue weighted by atomic mass is 32.2. The van der Waals surface area contributed by atoms with Crippen LogP contribution in [0.15, 0.2) is 47.4 Å². The fourth-order valence-electron chi connectivity index (χ4n) is 2.34. The first-order chi connectivity index (χ1) is 11.5. The van der Waals surface area contributed by atoms with Crippen LogP contribution in [0.1, 0.15) is 22.8 Å². The van der Waals surface area contributed by atoms with E-state index in [9.17, 15) is 4.79 Å². The minimum atomic E-state index is -0.0378. The monoisotopic (exact) mass is 344 g/mol. The molecule has 2 aromatic carbocycles. The average molecular weight is 344 g/mol. The van der Waals surface area contributed by atoms with Crippen molar-refractivity contribution in [2.75, 3.05) is 32.3 Å². The van der Waals surface area contributed by atoms with Crippen molar-refractivity contribution in [1.82, 2.24) is 4.90 Å². The molecule has 0 saturated heterocycles. The maximum absolute atomic E-state index is 12.0. The maximum Gasteiger partial charge on any atom is 0.253 e. The molecule has 5 heteroatoms.